The molecule has 1 nitrogen and oxygen atoms in total. The highest BCUT2D eigenvalue weighted by Crippen LogP contribution is 2.26. The third-order valence-corrected chi connectivity index (χ3v) is 3.79. The summed E-state index contributed by atoms with van der Waals surface area (Å²) in [5, 5.41) is 3.39. The van der Waals surface area contributed by atoms with Crippen molar-refractivity contribution in [2.24, 2.45) is 0 Å². The Balaban J connectivity index is 2.36. The smallest absolute Gasteiger partial charge is 0.131 e. The summed E-state index contributed by atoms with van der Waals surface area (Å²) in [5.74, 6) is -0.110. The van der Waals surface area contributed by atoms with E-state index < -0.39 is 0 Å². The zero-order chi connectivity index (χ0) is 15.2. The maximum Gasteiger partial charge on any atom is 0.131 e. The Morgan fingerprint density at radius 2 is 1.76 bits per heavy atom. The van der Waals surface area contributed by atoms with Crippen LogP contribution in [0.1, 0.15) is 48.6 Å². The molecule has 0 amide bonds. The van der Waals surface area contributed by atoms with E-state index in [0.717, 1.165) is 30.5 Å². The Labute approximate surface area is 127 Å². The highest BCUT2D eigenvalue weighted by Gasteiger charge is 2.17. The molecule has 2 rings (SSSR count). The zero-order valence-corrected chi connectivity index (χ0v) is 13.1. The highest BCUT2D eigenvalue weighted by molar-refractivity contribution is 5.36. The minimum Gasteiger partial charge on any atom is -0.306 e. The van der Waals surface area contributed by atoms with Crippen LogP contribution in [-0.2, 0) is 6.42 Å². The normalized spacial score (nSPS) is 12.4. The van der Waals surface area contributed by atoms with Gasteiger partial charge in [-0.2, -0.15) is 0 Å². The molecule has 0 saturated heterocycles. The third kappa shape index (κ3) is 3.70. The molecule has 0 aliphatic heterocycles. The molecule has 0 radical (unpaired) electrons. The molecule has 0 aromatic heterocycles. The van der Waals surface area contributed by atoms with Gasteiger partial charge in [-0.1, -0.05) is 62.7 Å². The predicted molar refractivity (Wildman–Crippen MR) is 87.1 cm³/mol. The summed E-state index contributed by atoms with van der Waals surface area (Å²) in [7, 11) is 0. The van der Waals surface area contributed by atoms with Crippen molar-refractivity contribution < 1.29 is 4.39 Å². The summed E-state index contributed by atoms with van der Waals surface area (Å²) in [4.78, 5) is 0. The van der Waals surface area contributed by atoms with E-state index in [4.69, 9.17) is 0 Å². The van der Waals surface area contributed by atoms with Gasteiger partial charge in [-0.05, 0) is 36.6 Å². The number of halogens is 1. The molecule has 2 heteroatoms. The van der Waals surface area contributed by atoms with Gasteiger partial charge in [0.05, 0.1) is 6.04 Å². The van der Waals surface area contributed by atoms with Crippen molar-refractivity contribution in [3.63, 3.8) is 0 Å². The maximum absolute atomic E-state index is 14.4. The molecule has 1 unspecified atom stereocenters. The second-order valence-electron chi connectivity index (χ2n) is 5.46. The Morgan fingerprint density at radius 3 is 2.38 bits per heavy atom. The lowest BCUT2D eigenvalue weighted by Crippen LogP contribution is -2.23. The summed E-state index contributed by atoms with van der Waals surface area (Å²) in [5.41, 5.74) is 3.86. The molecule has 0 saturated carbocycles. The number of hydrogen-bond donors (Lipinski definition) is 1. The second-order valence-corrected chi connectivity index (χ2v) is 5.46. The Bertz CT molecular complexity index is 575. The number of hydrogen-bond acceptors (Lipinski definition) is 1. The SMILES string of the molecule is CCCc1ccc(C(NCC)c2cccc(C)c2F)cc1. The van der Waals surface area contributed by atoms with E-state index in [-0.39, 0.29) is 11.9 Å². The summed E-state index contributed by atoms with van der Waals surface area (Å²) in [6.45, 7) is 6.84. The molecular formula is C19H24FN. The van der Waals surface area contributed by atoms with E-state index in [1.807, 2.05) is 32.0 Å². The van der Waals surface area contributed by atoms with Crippen LogP contribution in [0.2, 0.25) is 0 Å². The van der Waals surface area contributed by atoms with Crippen LogP contribution in [0.4, 0.5) is 4.39 Å². The predicted octanol–water partition coefficient (Wildman–Crippen LogP) is 4.79. The van der Waals surface area contributed by atoms with Gasteiger partial charge in [0, 0.05) is 5.56 Å². The van der Waals surface area contributed by atoms with Gasteiger partial charge in [-0.3, -0.25) is 0 Å². The van der Waals surface area contributed by atoms with Crippen molar-refractivity contribution >= 4 is 0 Å². The molecule has 21 heavy (non-hydrogen) atoms. The van der Waals surface area contributed by atoms with Crippen molar-refractivity contribution in [1.29, 1.82) is 0 Å². The van der Waals surface area contributed by atoms with Crippen LogP contribution in [0.3, 0.4) is 0 Å². The first-order valence-corrected chi connectivity index (χ1v) is 7.74. The van der Waals surface area contributed by atoms with Gasteiger partial charge in [-0.15, -0.1) is 0 Å². The number of nitrogens with one attached hydrogen (secondary N) is 1. The van der Waals surface area contributed by atoms with E-state index in [2.05, 4.69) is 36.5 Å². The Morgan fingerprint density at radius 1 is 1.05 bits per heavy atom. The van der Waals surface area contributed by atoms with Gasteiger partial charge in [-0.25, -0.2) is 4.39 Å². The Kier molecular flexibility index (Phi) is 5.51. The maximum atomic E-state index is 14.4. The first-order chi connectivity index (χ1) is 10.2. The third-order valence-electron chi connectivity index (χ3n) is 3.79. The topological polar surface area (TPSA) is 12.0 Å². The summed E-state index contributed by atoms with van der Waals surface area (Å²) in [6, 6.07) is 14.0. The molecule has 1 N–H and O–H groups in total. The molecule has 0 fully saturated rings. The molecule has 112 valence electrons. The van der Waals surface area contributed by atoms with Gasteiger partial charge < -0.3 is 5.32 Å². The van der Waals surface area contributed by atoms with E-state index in [9.17, 15) is 4.39 Å². The second kappa shape index (κ2) is 7.37. The minimum absolute atomic E-state index is 0.0921. The summed E-state index contributed by atoms with van der Waals surface area (Å²) in [6.07, 6.45) is 2.23. The molecule has 2 aromatic carbocycles. The lowest BCUT2D eigenvalue weighted by molar-refractivity contribution is 0.553. The quantitative estimate of drug-likeness (QED) is 0.805. The standard InChI is InChI=1S/C19H24FN/c1-4-7-15-10-12-16(13-11-15)19(21-5-2)17-9-6-8-14(3)18(17)20/h6,8-13,19,21H,4-5,7H2,1-3H3. The summed E-state index contributed by atoms with van der Waals surface area (Å²) >= 11 is 0. The van der Waals surface area contributed by atoms with E-state index in [0.29, 0.717) is 5.56 Å². The zero-order valence-electron chi connectivity index (χ0n) is 13.1. The molecule has 0 heterocycles. The van der Waals surface area contributed by atoms with Crippen LogP contribution in [0.15, 0.2) is 42.5 Å². The monoisotopic (exact) mass is 285 g/mol. The molecule has 0 spiro atoms. The van der Waals surface area contributed by atoms with Crippen molar-refractivity contribution in [1.82, 2.24) is 5.32 Å². The van der Waals surface area contributed by atoms with Crippen LogP contribution in [0.25, 0.3) is 0 Å². The van der Waals surface area contributed by atoms with Crippen LogP contribution < -0.4 is 5.32 Å². The minimum atomic E-state index is -0.110. The number of aryl methyl sites for hydroxylation is 2. The summed E-state index contributed by atoms with van der Waals surface area (Å²) < 4.78 is 14.4. The van der Waals surface area contributed by atoms with Gasteiger partial charge in [0.1, 0.15) is 5.82 Å². The molecular weight excluding hydrogens is 261 g/mol. The first-order valence-electron chi connectivity index (χ1n) is 7.74. The van der Waals surface area contributed by atoms with Crippen molar-refractivity contribution in [3.8, 4) is 0 Å². The fourth-order valence-electron chi connectivity index (χ4n) is 2.67. The fourth-order valence-corrected chi connectivity index (χ4v) is 2.67. The average molecular weight is 285 g/mol. The lowest BCUT2D eigenvalue weighted by atomic mass is 9.95. The fraction of sp³-hybridized carbons (Fsp3) is 0.368. The van der Waals surface area contributed by atoms with Crippen molar-refractivity contribution in [2.75, 3.05) is 6.54 Å². The number of benzene rings is 2. The molecule has 2 aromatic rings. The van der Waals surface area contributed by atoms with E-state index >= 15 is 0 Å². The van der Waals surface area contributed by atoms with Gasteiger partial charge >= 0.3 is 0 Å². The van der Waals surface area contributed by atoms with Gasteiger partial charge in [0.15, 0.2) is 0 Å². The largest absolute Gasteiger partial charge is 0.306 e. The Hall–Kier alpha value is -1.67. The molecule has 0 bridgehead atoms. The average Bonchev–Trinajstić information content (AvgIpc) is 2.49. The van der Waals surface area contributed by atoms with E-state index in [1.165, 1.54) is 5.56 Å². The van der Waals surface area contributed by atoms with E-state index in [1.54, 1.807) is 0 Å². The van der Waals surface area contributed by atoms with Crippen molar-refractivity contribution in [3.05, 3.63) is 70.5 Å². The molecule has 0 aliphatic rings. The van der Waals surface area contributed by atoms with Crippen molar-refractivity contribution in [2.45, 2.75) is 39.7 Å². The van der Waals surface area contributed by atoms with Crippen LogP contribution >= 0.6 is 0 Å². The highest BCUT2D eigenvalue weighted by atomic mass is 19.1. The lowest BCUT2D eigenvalue weighted by Gasteiger charge is -2.20. The van der Waals surface area contributed by atoms with Crippen LogP contribution in [0, 0.1) is 12.7 Å². The molecule has 1 atom stereocenters. The molecule has 0 aliphatic carbocycles. The van der Waals surface area contributed by atoms with Gasteiger partial charge in [0.2, 0.25) is 0 Å². The van der Waals surface area contributed by atoms with Crippen LogP contribution in [0.5, 0.6) is 0 Å². The van der Waals surface area contributed by atoms with Crippen LogP contribution in [-0.4, -0.2) is 6.54 Å². The first kappa shape index (κ1) is 15.7. The number of rotatable bonds is 6. The van der Waals surface area contributed by atoms with Gasteiger partial charge in [0.25, 0.3) is 0 Å².